The van der Waals surface area contributed by atoms with Gasteiger partial charge in [0.2, 0.25) is 0 Å². The van der Waals surface area contributed by atoms with E-state index < -0.39 is 0 Å². The van der Waals surface area contributed by atoms with Crippen molar-refractivity contribution in [3.63, 3.8) is 0 Å². The van der Waals surface area contributed by atoms with Crippen LogP contribution in [0.2, 0.25) is 0 Å². The lowest BCUT2D eigenvalue weighted by atomic mass is 10.1. The fraction of sp³-hybridized carbons (Fsp3) is 0.350. The second-order valence-electron chi connectivity index (χ2n) is 7.24. The third-order valence-corrected chi connectivity index (χ3v) is 5.68. The third-order valence-electron chi connectivity index (χ3n) is 5.68. The Balaban J connectivity index is 1.38. The Morgan fingerprint density at radius 2 is 2.15 bits per heavy atom. The van der Waals surface area contributed by atoms with Gasteiger partial charge >= 0.3 is 0 Å². The van der Waals surface area contributed by atoms with E-state index in [1.54, 1.807) is 12.4 Å². The van der Waals surface area contributed by atoms with Crippen LogP contribution in [-0.4, -0.2) is 38.0 Å². The van der Waals surface area contributed by atoms with Crippen molar-refractivity contribution >= 4 is 17.2 Å². The van der Waals surface area contributed by atoms with Gasteiger partial charge in [-0.1, -0.05) is 6.07 Å². The summed E-state index contributed by atoms with van der Waals surface area (Å²) in [6, 6.07) is 10.2. The molecule has 0 radical (unpaired) electrons. The molecule has 1 saturated heterocycles. The molecule has 1 amide bonds. The van der Waals surface area contributed by atoms with E-state index in [0.717, 1.165) is 30.5 Å². The van der Waals surface area contributed by atoms with Gasteiger partial charge < -0.3 is 10.2 Å². The van der Waals surface area contributed by atoms with E-state index >= 15 is 0 Å². The maximum absolute atomic E-state index is 13.1. The zero-order valence-corrected chi connectivity index (χ0v) is 14.5. The zero-order chi connectivity index (χ0) is 17.5. The number of carbonyl (C=O) groups excluding carboxylic acids is 1. The quantitative estimate of drug-likeness (QED) is 0.788. The fourth-order valence-corrected chi connectivity index (χ4v) is 4.39. The van der Waals surface area contributed by atoms with Crippen molar-refractivity contribution in [2.45, 2.75) is 31.8 Å². The average molecular weight is 347 g/mol. The standard InChI is InChI=1S/C20H21N5O/c26-20(24-13-14-5-6-16(24)11-14)17-4-1-8-21-19(17)22-12-15-3-2-10-25-18(15)7-9-23-25/h1-4,7-10,14,16H,5-6,11-13H2,(H,21,22)/t14-,16+/m0/s1. The molecule has 1 aliphatic heterocycles. The van der Waals surface area contributed by atoms with Crippen LogP contribution in [0.4, 0.5) is 5.82 Å². The van der Waals surface area contributed by atoms with Crippen molar-refractivity contribution in [1.82, 2.24) is 19.5 Å². The number of nitrogens with one attached hydrogen (secondary N) is 1. The highest BCUT2D eigenvalue weighted by Gasteiger charge is 2.40. The molecule has 3 aromatic rings. The number of nitrogens with zero attached hydrogens (tertiary/aromatic N) is 4. The smallest absolute Gasteiger partial charge is 0.257 e. The number of hydrogen-bond donors (Lipinski definition) is 1. The monoisotopic (exact) mass is 347 g/mol. The molecule has 1 N–H and O–H groups in total. The summed E-state index contributed by atoms with van der Waals surface area (Å²) in [7, 11) is 0. The lowest BCUT2D eigenvalue weighted by Gasteiger charge is -2.27. The molecule has 0 unspecified atom stereocenters. The normalized spacial score (nSPS) is 21.5. The number of likely N-dealkylation sites (tertiary alicyclic amines) is 1. The Bertz CT molecular complexity index is 965. The van der Waals surface area contributed by atoms with Gasteiger partial charge in [0.15, 0.2) is 0 Å². The molecular weight excluding hydrogens is 326 g/mol. The van der Waals surface area contributed by atoms with Crippen LogP contribution in [0.3, 0.4) is 0 Å². The summed E-state index contributed by atoms with van der Waals surface area (Å²) in [6.45, 7) is 1.49. The minimum atomic E-state index is 0.107. The Morgan fingerprint density at radius 3 is 3.00 bits per heavy atom. The van der Waals surface area contributed by atoms with Gasteiger partial charge in [0.05, 0.1) is 11.1 Å². The van der Waals surface area contributed by atoms with Gasteiger partial charge in [-0.3, -0.25) is 4.79 Å². The van der Waals surface area contributed by atoms with Crippen LogP contribution in [0.5, 0.6) is 0 Å². The first kappa shape index (κ1) is 15.4. The first-order valence-electron chi connectivity index (χ1n) is 9.21. The van der Waals surface area contributed by atoms with Crippen LogP contribution in [0.15, 0.2) is 48.9 Å². The molecule has 2 aliphatic rings. The molecule has 132 valence electrons. The van der Waals surface area contributed by atoms with E-state index in [4.69, 9.17) is 0 Å². The van der Waals surface area contributed by atoms with Crippen LogP contribution < -0.4 is 5.32 Å². The molecule has 5 rings (SSSR count). The van der Waals surface area contributed by atoms with Crippen molar-refractivity contribution in [3.05, 3.63) is 60.0 Å². The molecule has 6 heteroatoms. The first-order chi connectivity index (χ1) is 12.8. The van der Waals surface area contributed by atoms with Crippen molar-refractivity contribution < 1.29 is 4.79 Å². The van der Waals surface area contributed by atoms with E-state index in [2.05, 4.69) is 21.5 Å². The molecular formula is C20H21N5O. The van der Waals surface area contributed by atoms with E-state index in [-0.39, 0.29) is 5.91 Å². The van der Waals surface area contributed by atoms with E-state index in [0.29, 0.717) is 29.9 Å². The van der Waals surface area contributed by atoms with Crippen molar-refractivity contribution in [2.24, 2.45) is 5.92 Å². The SMILES string of the molecule is O=C(c1cccnc1NCc1cccn2nccc12)N1C[C@H]2CC[C@@H]1C2. The number of aromatic nitrogens is 3. The summed E-state index contributed by atoms with van der Waals surface area (Å²) >= 11 is 0. The van der Waals surface area contributed by atoms with Crippen LogP contribution in [-0.2, 0) is 6.54 Å². The Labute approximate surface area is 151 Å². The second kappa shape index (κ2) is 6.12. The van der Waals surface area contributed by atoms with E-state index in [9.17, 15) is 4.79 Å². The molecule has 6 nitrogen and oxygen atoms in total. The molecule has 2 fully saturated rings. The minimum absolute atomic E-state index is 0.107. The summed E-state index contributed by atoms with van der Waals surface area (Å²) in [5.74, 6) is 1.45. The predicted octanol–water partition coefficient (Wildman–Crippen LogP) is 2.97. The summed E-state index contributed by atoms with van der Waals surface area (Å²) in [6.07, 6.45) is 9.02. The summed E-state index contributed by atoms with van der Waals surface area (Å²) in [4.78, 5) is 19.6. The summed E-state index contributed by atoms with van der Waals surface area (Å²) < 4.78 is 1.85. The highest BCUT2D eigenvalue weighted by molar-refractivity contribution is 5.99. The van der Waals surface area contributed by atoms with E-state index in [1.165, 1.54) is 6.42 Å². The van der Waals surface area contributed by atoms with E-state index in [1.807, 2.05) is 39.9 Å². The lowest BCUT2D eigenvalue weighted by molar-refractivity contribution is 0.0704. The summed E-state index contributed by atoms with van der Waals surface area (Å²) in [5, 5.41) is 7.63. The molecule has 3 aromatic heterocycles. The number of amides is 1. The van der Waals surface area contributed by atoms with Gasteiger partial charge in [0.25, 0.3) is 5.91 Å². The van der Waals surface area contributed by atoms with Crippen LogP contribution in [0.1, 0.15) is 35.2 Å². The topological polar surface area (TPSA) is 62.5 Å². The van der Waals surface area contributed by atoms with Gasteiger partial charge in [-0.2, -0.15) is 5.10 Å². The van der Waals surface area contributed by atoms with Gasteiger partial charge in [0, 0.05) is 37.7 Å². The molecule has 4 heterocycles. The number of pyridine rings is 2. The maximum Gasteiger partial charge on any atom is 0.257 e. The van der Waals surface area contributed by atoms with Crippen LogP contribution in [0, 0.1) is 5.92 Å². The predicted molar refractivity (Wildman–Crippen MR) is 98.9 cm³/mol. The highest BCUT2D eigenvalue weighted by Crippen LogP contribution is 2.38. The second-order valence-corrected chi connectivity index (χ2v) is 7.24. The zero-order valence-electron chi connectivity index (χ0n) is 14.5. The molecule has 2 bridgehead atoms. The lowest BCUT2D eigenvalue weighted by Crippen LogP contribution is -2.38. The number of anilines is 1. The van der Waals surface area contributed by atoms with Gasteiger partial charge in [-0.15, -0.1) is 0 Å². The van der Waals surface area contributed by atoms with Crippen molar-refractivity contribution in [2.75, 3.05) is 11.9 Å². The largest absolute Gasteiger partial charge is 0.365 e. The molecule has 0 aromatic carbocycles. The number of piperidine rings is 1. The molecule has 2 atom stereocenters. The van der Waals surface area contributed by atoms with Gasteiger partial charge in [0.1, 0.15) is 5.82 Å². The van der Waals surface area contributed by atoms with Crippen LogP contribution in [0.25, 0.3) is 5.52 Å². The molecule has 1 aliphatic carbocycles. The Kier molecular flexibility index (Phi) is 3.62. The minimum Gasteiger partial charge on any atom is -0.365 e. The maximum atomic E-state index is 13.1. The number of carbonyl (C=O) groups is 1. The molecule has 26 heavy (non-hydrogen) atoms. The Morgan fingerprint density at radius 1 is 1.19 bits per heavy atom. The Hall–Kier alpha value is -2.89. The van der Waals surface area contributed by atoms with Crippen molar-refractivity contribution in [1.29, 1.82) is 0 Å². The fourth-order valence-electron chi connectivity index (χ4n) is 4.39. The molecule has 1 saturated carbocycles. The average Bonchev–Trinajstić information content (AvgIpc) is 3.42. The number of fused-ring (bicyclic) bond motifs is 3. The third kappa shape index (κ3) is 2.53. The van der Waals surface area contributed by atoms with Crippen LogP contribution >= 0.6 is 0 Å². The highest BCUT2D eigenvalue weighted by atomic mass is 16.2. The first-order valence-corrected chi connectivity index (χ1v) is 9.21. The molecule has 0 spiro atoms. The van der Waals surface area contributed by atoms with Gasteiger partial charge in [-0.05, 0) is 55.0 Å². The summed E-state index contributed by atoms with van der Waals surface area (Å²) in [5.41, 5.74) is 2.84. The number of rotatable bonds is 4. The number of hydrogen-bond acceptors (Lipinski definition) is 4. The van der Waals surface area contributed by atoms with Crippen molar-refractivity contribution in [3.8, 4) is 0 Å². The van der Waals surface area contributed by atoms with Gasteiger partial charge in [-0.25, -0.2) is 9.50 Å².